The van der Waals surface area contributed by atoms with Gasteiger partial charge in [-0.25, -0.2) is 10.6 Å². The topological polar surface area (TPSA) is 105 Å². The van der Waals surface area contributed by atoms with E-state index < -0.39 is 11.2 Å². The lowest BCUT2D eigenvalue weighted by Crippen LogP contribution is -2.35. The third-order valence-electron chi connectivity index (χ3n) is 2.77. The standard InChI is InChI=1S/C12H15N5O2/c1-14-9-10(16-13)17(12(19)15-11(9)18)7-8-5-3-2-4-6-8/h2-6,14,16H,7,13H2,1H3,(H,15,18,19). The van der Waals surface area contributed by atoms with Crippen LogP contribution in [0.2, 0.25) is 0 Å². The maximum Gasteiger partial charge on any atom is 0.330 e. The normalized spacial score (nSPS) is 10.2. The van der Waals surface area contributed by atoms with Crippen LogP contribution in [0.15, 0.2) is 39.9 Å². The van der Waals surface area contributed by atoms with Crippen LogP contribution in [0, 0.1) is 0 Å². The molecule has 2 aromatic rings. The van der Waals surface area contributed by atoms with Gasteiger partial charge >= 0.3 is 5.69 Å². The number of H-pyrrole nitrogens is 1. The highest BCUT2D eigenvalue weighted by atomic mass is 16.2. The van der Waals surface area contributed by atoms with Crippen LogP contribution in [0.4, 0.5) is 11.5 Å². The van der Waals surface area contributed by atoms with E-state index in [1.54, 1.807) is 7.05 Å². The number of hydrogen-bond donors (Lipinski definition) is 4. The lowest BCUT2D eigenvalue weighted by atomic mass is 10.2. The molecule has 0 saturated heterocycles. The average molecular weight is 261 g/mol. The van der Waals surface area contributed by atoms with E-state index >= 15 is 0 Å². The van der Waals surface area contributed by atoms with Gasteiger partial charge in [0, 0.05) is 7.05 Å². The van der Waals surface area contributed by atoms with Gasteiger partial charge in [0.05, 0.1) is 6.54 Å². The van der Waals surface area contributed by atoms with Gasteiger partial charge < -0.3 is 10.7 Å². The number of nitrogen functional groups attached to an aromatic ring is 1. The molecule has 19 heavy (non-hydrogen) atoms. The molecule has 5 N–H and O–H groups in total. The summed E-state index contributed by atoms with van der Waals surface area (Å²) < 4.78 is 1.36. The fraction of sp³-hybridized carbons (Fsp3) is 0.167. The van der Waals surface area contributed by atoms with Crippen LogP contribution < -0.4 is 27.8 Å². The van der Waals surface area contributed by atoms with Gasteiger partial charge in [-0.3, -0.25) is 14.3 Å². The summed E-state index contributed by atoms with van der Waals surface area (Å²) in [5.41, 5.74) is 2.52. The van der Waals surface area contributed by atoms with Crippen molar-refractivity contribution in [2.24, 2.45) is 5.84 Å². The summed E-state index contributed by atoms with van der Waals surface area (Å²) in [4.78, 5) is 25.8. The Labute approximate surface area is 109 Å². The van der Waals surface area contributed by atoms with Crippen molar-refractivity contribution in [1.29, 1.82) is 0 Å². The molecular formula is C12H15N5O2. The number of nitrogens with two attached hydrogens (primary N) is 1. The van der Waals surface area contributed by atoms with E-state index in [2.05, 4.69) is 15.7 Å². The number of anilines is 2. The summed E-state index contributed by atoms with van der Waals surface area (Å²) in [5.74, 6) is 5.67. The molecule has 0 aliphatic heterocycles. The van der Waals surface area contributed by atoms with Crippen molar-refractivity contribution in [3.63, 3.8) is 0 Å². The van der Waals surface area contributed by atoms with Gasteiger partial charge in [0.1, 0.15) is 5.69 Å². The SMILES string of the molecule is CNc1c(NN)n(Cc2ccccc2)c(=O)[nH]c1=O. The fourth-order valence-electron chi connectivity index (χ4n) is 1.87. The van der Waals surface area contributed by atoms with Gasteiger partial charge in [0.25, 0.3) is 5.56 Å². The van der Waals surface area contributed by atoms with Gasteiger partial charge in [0.15, 0.2) is 5.82 Å². The second-order valence-electron chi connectivity index (χ2n) is 3.95. The van der Waals surface area contributed by atoms with Crippen LogP contribution in [-0.2, 0) is 6.54 Å². The molecule has 0 unspecified atom stereocenters. The van der Waals surface area contributed by atoms with E-state index in [4.69, 9.17) is 5.84 Å². The lowest BCUT2D eigenvalue weighted by molar-refractivity contribution is 0.728. The smallest absolute Gasteiger partial charge is 0.330 e. The number of aromatic amines is 1. The summed E-state index contributed by atoms with van der Waals surface area (Å²) >= 11 is 0. The largest absolute Gasteiger partial charge is 0.381 e. The minimum Gasteiger partial charge on any atom is -0.381 e. The van der Waals surface area contributed by atoms with E-state index in [1.807, 2.05) is 30.3 Å². The number of benzene rings is 1. The molecule has 0 spiro atoms. The van der Waals surface area contributed by atoms with Crippen LogP contribution in [0.1, 0.15) is 5.56 Å². The highest BCUT2D eigenvalue weighted by Gasteiger charge is 2.12. The van der Waals surface area contributed by atoms with E-state index in [-0.39, 0.29) is 11.5 Å². The minimum atomic E-state index is -0.513. The summed E-state index contributed by atoms with van der Waals surface area (Å²) in [5, 5.41) is 2.72. The van der Waals surface area contributed by atoms with Gasteiger partial charge in [-0.05, 0) is 5.56 Å². The Morgan fingerprint density at radius 3 is 2.53 bits per heavy atom. The van der Waals surface area contributed by atoms with Crippen molar-refractivity contribution in [2.45, 2.75) is 6.54 Å². The Bertz CT molecular complexity index is 675. The Balaban J connectivity index is 2.57. The van der Waals surface area contributed by atoms with Gasteiger partial charge in [0.2, 0.25) is 0 Å². The molecule has 0 saturated carbocycles. The molecule has 1 aromatic carbocycles. The summed E-state index contributed by atoms with van der Waals surface area (Å²) in [6.45, 7) is 0.310. The summed E-state index contributed by atoms with van der Waals surface area (Å²) in [6.07, 6.45) is 0. The van der Waals surface area contributed by atoms with Crippen LogP contribution in [-0.4, -0.2) is 16.6 Å². The Morgan fingerprint density at radius 2 is 1.95 bits per heavy atom. The Kier molecular flexibility index (Phi) is 3.67. The number of hydrogen-bond acceptors (Lipinski definition) is 5. The van der Waals surface area contributed by atoms with Gasteiger partial charge in [-0.15, -0.1) is 0 Å². The Hall–Kier alpha value is -2.54. The predicted octanol–water partition coefficient (Wildman–Crippen LogP) is -0.0878. The van der Waals surface area contributed by atoms with E-state index in [9.17, 15) is 9.59 Å². The quantitative estimate of drug-likeness (QED) is 0.455. The van der Waals surface area contributed by atoms with E-state index in [0.717, 1.165) is 5.56 Å². The van der Waals surface area contributed by atoms with Crippen LogP contribution in [0.3, 0.4) is 0 Å². The molecular weight excluding hydrogens is 246 g/mol. The monoisotopic (exact) mass is 261 g/mol. The highest BCUT2D eigenvalue weighted by molar-refractivity contribution is 5.62. The van der Waals surface area contributed by atoms with Crippen molar-refractivity contribution in [2.75, 3.05) is 17.8 Å². The number of aromatic nitrogens is 2. The zero-order chi connectivity index (χ0) is 13.8. The molecule has 7 nitrogen and oxygen atoms in total. The zero-order valence-electron chi connectivity index (χ0n) is 10.4. The van der Waals surface area contributed by atoms with E-state index in [1.165, 1.54) is 4.57 Å². The zero-order valence-corrected chi connectivity index (χ0v) is 10.4. The molecule has 2 rings (SSSR count). The van der Waals surface area contributed by atoms with Crippen LogP contribution in [0.25, 0.3) is 0 Å². The molecule has 0 amide bonds. The maximum atomic E-state index is 11.9. The third kappa shape index (κ3) is 2.50. The van der Waals surface area contributed by atoms with Crippen molar-refractivity contribution >= 4 is 11.5 Å². The molecule has 100 valence electrons. The predicted molar refractivity (Wildman–Crippen MR) is 74.2 cm³/mol. The van der Waals surface area contributed by atoms with Crippen molar-refractivity contribution in [1.82, 2.24) is 9.55 Å². The first-order valence-electron chi connectivity index (χ1n) is 5.72. The molecule has 0 bridgehead atoms. The average Bonchev–Trinajstić information content (AvgIpc) is 2.42. The van der Waals surface area contributed by atoms with Crippen molar-refractivity contribution < 1.29 is 0 Å². The number of rotatable bonds is 4. The first-order valence-corrected chi connectivity index (χ1v) is 5.72. The second kappa shape index (κ2) is 5.40. The van der Waals surface area contributed by atoms with Crippen LogP contribution >= 0.6 is 0 Å². The molecule has 7 heteroatoms. The van der Waals surface area contributed by atoms with Gasteiger partial charge in [-0.2, -0.15) is 0 Å². The molecule has 1 aromatic heterocycles. The molecule has 0 atom stereocenters. The molecule has 1 heterocycles. The third-order valence-corrected chi connectivity index (χ3v) is 2.77. The molecule has 0 aliphatic rings. The lowest BCUT2D eigenvalue weighted by Gasteiger charge is -2.14. The summed E-state index contributed by atoms with van der Waals surface area (Å²) in [7, 11) is 1.59. The first kappa shape index (κ1) is 12.9. The van der Waals surface area contributed by atoms with Gasteiger partial charge in [-0.1, -0.05) is 30.3 Å². The highest BCUT2D eigenvalue weighted by Crippen LogP contribution is 2.14. The fourth-order valence-corrected chi connectivity index (χ4v) is 1.87. The van der Waals surface area contributed by atoms with Crippen molar-refractivity contribution in [3.8, 4) is 0 Å². The van der Waals surface area contributed by atoms with Crippen molar-refractivity contribution in [3.05, 3.63) is 56.7 Å². The minimum absolute atomic E-state index is 0.220. The maximum absolute atomic E-state index is 11.9. The first-order chi connectivity index (χ1) is 9.17. The van der Waals surface area contributed by atoms with E-state index in [0.29, 0.717) is 6.54 Å². The van der Waals surface area contributed by atoms with Crippen LogP contribution in [0.5, 0.6) is 0 Å². The number of hydrazine groups is 1. The second-order valence-corrected chi connectivity index (χ2v) is 3.95. The Morgan fingerprint density at radius 1 is 1.26 bits per heavy atom. The number of nitrogens with zero attached hydrogens (tertiary/aromatic N) is 1. The molecule has 0 fully saturated rings. The molecule has 0 radical (unpaired) electrons. The number of nitrogens with one attached hydrogen (secondary N) is 3. The molecule has 0 aliphatic carbocycles. The summed E-state index contributed by atoms with van der Waals surface area (Å²) in [6, 6.07) is 9.41.